The molecular formula is C26H31N3O6. The van der Waals surface area contributed by atoms with E-state index in [1.54, 1.807) is 7.11 Å². The number of carbonyl (C=O) groups is 3. The van der Waals surface area contributed by atoms with Gasteiger partial charge in [-0.2, -0.15) is 0 Å². The first-order chi connectivity index (χ1) is 16.8. The second kappa shape index (κ2) is 12.0. The molecule has 1 aliphatic heterocycles. The van der Waals surface area contributed by atoms with Crippen LogP contribution < -0.4 is 4.74 Å². The summed E-state index contributed by atoms with van der Waals surface area (Å²) in [7, 11) is 1.67. The number of methoxy groups -OCH3 is 1. The zero-order valence-electron chi connectivity index (χ0n) is 20.0. The van der Waals surface area contributed by atoms with Crippen molar-refractivity contribution in [2.24, 2.45) is 5.92 Å². The van der Waals surface area contributed by atoms with Gasteiger partial charge in [0.2, 0.25) is 5.91 Å². The Kier molecular flexibility index (Phi) is 8.83. The molecule has 2 heterocycles. The number of ether oxygens (including phenoxy) is 1. The van der Waals surface area contributed by atoms with Crippen LogP contribution in [0.25, 0.3) is 11.0 Å². The molecule has 0 bridgehead atoms. The van der Waals surface area contributed by atoms with Crippen molar-refractivity contribution in [1.29, 1.82) is 0 Å². The molecular weight excluding hydrogens is 450 g/mol. The van der Waals surface area contributed by atoms with Crippen LogP contribution in [0.5, 0.6) is 5.75 Å². The fourth-order valence-corrected chi connectivity index (χ4v) is 4.25. The number of aromatic nitrogens is 2. The van der Waals surface area contributed by atoms with E-state index >= 15 is 0 Å². The van der Waals surface area contributed by atoms with E-state index in [4.69, 9.17) is 24.5 Å². The molecule has 1 fully saturated rings. The molecule has 2 N–H and O–H groups in total. The van der Waals surface area contributed by atoms with Crippen LogP contribution >= 0.6 is 0 Å². The molecule has 1 amide bonds. The standard InChI is InChI=1S/C24H29N3O2.C2H2O4/c1-18-25-22-5-3-4-6-23(22)27(18)17-20-13-15-26(16-14-20)24(28)12-9-19-7-10-21(29-2)11-8-19;3-1(4)2(5)6/h3-8,10-11,20H,9,12-17H2,1-2H3;(H,3,4)(H,5,6). The third-order valence-electron chi connectivity index (χ3n) is 6.22. The van der Waals surface area contributed by atoms with Gasteiger partial charge in [0.15, 0.2) is 0 Å². The summed E-state index contributed by atoms with van der Waals surface area (Å²) in [6.45, 7) is 4.79. The molecule has 35 heavy (non-hydrogen) atoms. The molecule has 9 nitrogen and oxygen atoms in total. The van der Waals surface area contributed by atoms with E-state index in [-0.39, 0.29) is 5.91 Å². The highest BCUT2D eigenvalue weighted by Crippen LogP contribution is 2.24. The van der Waals surface area contributed by atoms with E-state index in [2.05, 4.69) is 34.7 Å². The van der Waals surface area contributed by atoms with Gasteiger partial charge in [0, 0.05) is 26.1 Å². The number of carboxylic acid groups (broad SMARTS) is 2. The van der Waals surface area contributed by atoms with Gasteiger partial charge in [0.05, 0.1) is 18.1 Å². The largest absolute Gasteiger partial charge is 0.497 e. The lowest BCUT2D eigenvalue weighted by Crippen LogP contribution is -2.39. The maximum absolute atomic E-state index is 12.6. The van der Waals surface area contributed by atoms with Crippen LogP contribution in [0.15, 0.2) is 48.5 Å². The van der Waals surface area contributed by atoms with Gasteiger partial charge >= 0.3 is 11.9 Å². The Morgan fingerprint density at radius 3 is 2.23 bits per heavy atom. The molecule has 0 atom stereocenters. The highest BCUT2D eigenvalue weighted by Gasteiger charge is 2.23. The van der Waals surface area contributed by atoms with Crippen molar-refractivity contribution in [2.75, 3.05) is 20.2 Å². The molecule has 1 saturated heterocycles. The van der Waals surface area contributed by atoms with Crippen molar-refractivity contribution in [3.8, 4) is 5.75 Å². The summed E-state index contributed by atoms with van der Waals surface area (Å²) in [5.41, 5.74) is 3.45. The fraction of sp³-hybridized carbons (Fsp3) is 0.385. The first kappa shape index (κ1) is 25.7. The van der Waals surface area contributed by atoms with Crippen LogP contribution in [0.3, 0.4) is 0 Å². The quantitative estimate of drug-likeness (QED) is 0.518. The Morgan fingerprint density at radius 1 is 1.00 bits per heavy atom. The number of likely N-dealkylation sites (tertiary alicyclic amines) is 1. The van der Waals surface area contributed by atoms with Gasteiger partial charge < -0.3 is 24.4 Å². The topological polar surface area (TPSA) is 122 Å². The number of hydrogen-bond acceptors (Lipinski definition) is 5. The van der Waals surface area contributed by atoms with Gasteiger partial charge in [0.1, 0.15) is 11.6 Å². The smallest absolute Gasteiger partial charge is 0.414 e. The summed E-state index contributed by atoms with van der Waals surface area (Å²) in [6.07, 6.45) is 3.46. The Hall–Kier alpha value is -3.88. The zero-order chi connectivity index (χ0) is 25.4. The van der Waals surface area contributed by atoms with Gasteiger partial charge in [-0.25, -0.2) is 14.6 Å². The molecule has 186 valence electrons. The molecule has 4 rings (SSSR count). The Bertz CT molecular complexity index is 1150. The van der Waals surface area contributed by atoms with E-state index in [9.17, 15) is 4.79 Å². The summed E-state index contributed by atoms with van der Waals surface area (Å²) >= 11 is 0. The van der Waals surface area contributed by atoms with Gasteiger partial charge in [-0.3, -0.25) is 4.79 Å². The van der Waals surface area contributed by atoms with Gasteiger partial charge in [-0.05, 0) is 61.9 Å². The fourth-order valence-electron chi connectivity index (χ4n) is 4.25. The van der Waals surface area contributed by atoms with Crippen LogP contribution in [0.1, 0.15) is 30.7 Å². The number of rotatable bonds is 6. The maximum atomic E-state index is 12.6. The van der Waals surface area contributed by atoms with Crippen molar-refractivity contribution in [2.45, 2.75) is 39.2 Å². The van der Waals surface area contributed by atoms with Crippen molar-refractivity contribution in [3.63, 3.8) is 0 Å². The number of aliphatic carboxylic acids is 2. The molecule has 9 heteroatoms. The number of aryl methyl sites for hydroxylation is 2. The molecule has 0 aliphatic carbocycles. The molecule has 1 aromatic heterocycles. The first-order valence-corrected chi connectivity index (χ1v) is 11.6. The maximum Gasteiger partial charge on any atom is 0.414 e. The normalized spacial score (nSPS) is 13.7. The molecule has 0 unspecified atom stereocenters. The summed E-state index contributed by atoms with van der Waals surface area (Å²) < 4.78 is 7.52. The Balaban J connectivity index is 0.000000509. The highest BCUT2D eigenvalue weighted by atomic mass is 16.5. The van der Waals surface area contributed by atoms with Crippen LogP contribution in [0, 0.1) is 12.8 Å². The predicted molar refractivity (Wildman–Crippen MR) is 130 cm³/mol. The molecule has 1 aliphatic rings. The van der Waals surface area contributed by atoms with Gasteiger partial charge in [-0.1, -0.05) is 24.3 Å². The molecule has 0 radical (unpaired) electrons. The van der Waals surface area contributed by atoms with E-state index in [1.165, 1.54) is 11.1 Å². The van der Waals surface area contributed by atoms with Crippen molar-refractivity contribution < 1.29 is 29.3 Å². The number of piperidine rings is 1. The summed E-state index contributed by atoms with van der Waals surface area (Å²) in [4.78, 5) is 37.5. The third-order valence-corrected chi connectivity index (χ3v) is 6.22. The SMILES string of the molecule is COc1ccc(CCC(=O)N2CCC(Cn3c(C)nc4ccccc43)CC2)cc1.O=C(O)C(=O)O. The van der Waals surface area contributed by atoms with E-state index in [1.807, 2.05) is 35.2 Å². The summed E-state index contributed by atoms with van der Waals surface area (Å²) in [5.74, 6) is -0.863. The van der Waals surface area contributed by atoms with Crippen molar-refractivity contribution >= 4 is 28.9 Å². The predicted octanol–water partition coefficient (Wildman–Crippen LogP) is 3.38. The number of hydrogen-bond donors (Lipinski definition) is 2. The van der Waals surface area contributed by atoms with Gasteiger partial charge in [-0.15, -0.1) is 0 Å². The Labute approximate surface area is 203 Å². The number of carbonyl (C=O) groups excluding carboxylic acids is 1. The minimum atomic E-state index is -1.82. The summed E-state index contributed by atoms with van der Waals surface area (Å²) in [6, 6.07) is 16.3. The van der Waals surface area contributed by atoms with E-state index < -0.39 is 11.9 Å². The van der Waals surface area contributed by atoms with E-state index in [0.717, 1.165) is 56.0 Å². The van der Waals surface area contributed by atoms with Crippen molar-refractivity contribution in [1.82, 2.24) is 14.5 Å². The second-order valence-corrected chi connectivity index (χ2v) is 8.54. The molecule has 3 aromatic rings. The van der Waals surface area contributed by atoms with E-state index in [0.29, 0.717) is 12.3 Å². The van der Waals surface area contributed by atoms with Gasteiger partial charge in [0.25, 0.3) is 0 Å². The number of nitrogens with zero attached hydrogens (tertiary/aromatic N) is 3. The number of benzene rings is 2. The minimum Gasteiger partial charge on any atom is -0.497 e. The lowest BCUT2D eigenvalue weighted by atomic mass is 9.96. The number of fused-ring (bicyclic) bond motifs is 1. The van der Waals surface area contributed by atoms with Crippen LogP contribution in [-0.2, 0) is 27.3 Å². The second-order valence-electron chi connectivity index (χ2n) is 8.54. The minimum absolute atomic E-state index is 0.267. The zero-order valence-corrected chi connectivity index (χ0v) is 20.0. The van der Waals surface area contributed by atoms with Crippen molar-refractivity contribution in [3.05, 3.63) is 59.9 Å². The van der Waals surface area contributed by atoms with Crippen LogP contribution in [0.4, 0.5) is 0 Å². The lowest BCUT2D eigenvalue weighted by molar-refractivity contribution is -0.159. The van der Waals surface area contributed by atoms with Crippen LogP contribution in [0.2, 0.25) is 0 Å². The average Bonchev–Trinajstić information content (AvgIpc) is 3.18. The van der Waals surface area contributed by atoms with Crippen LogP contribution in [-0.4, -0.2) is 62.7 Å². The number of para-hydroxylation sites is 2. The summed E-state index contributed by atoms with van der Waals surface area (Å²) in [5, 5.41) is 14.8. The molecule has 0 saturated carbocycles. The monoisotopic (exact) mass is 481 g/mol. The lowest BCUT2D eigenvalue weighted by Gasteiger charge is -2.32. The number of carboxylic acids is 2. The molecule has 2 aromatic carbocycles. The number of amides is 1. The average molecular weight is 482 g/mol. The third kappa shape index (κ3) is 7.05. The Morgan fingerprint density at radius 2 is 1.63 bits per heavy atom. The first-order valence-electron chi connectivity index (χ1n) is 11.6. The number of imidazole rings is 1. The molecule has 0 spiro atoms. The highest BCUT2D eigenvalue weighted by molar-refractivity contribution is 6.27.